The van der Waals surface area contributed by atoms with E-state index in [0.717, 1.165) is 57.5 Å². The number of rotatable bonds is 4. The van der Waals surface area contributed by atoms with Crippen LogP contribution in [-0.2, 0) is 17.9 Å². The molecule has 0 N–H and O–H groups in total. The van der Waals surface area contributed by atoms with E-state index in [4.69, 9.17) is 4.98 Å². The molecule has 5 nitrogen and oxygen atoms in total. The Balaban J connectivity index is 1.31. The number of benzene rings is 1. The Kier molecular flexibility index (Phi) is 5.07. The van der Waals surface area contributed by atoms with E-state index in [-0.39, 0.29) is 5.54 Å². The molecule has 0 unspecified atom stereocenters. The molecule has 1 spiro atoms. The van der Waals surface area contributed by atoms with Crippen molar-refractivity contribution in [3.05, 3.63) is 71.7 Å². The van der Waals surface area contributed by atoms with Gasteiger partial charge < -0.3 is 9.30 Å². The number of carbonyl (C=O) groups is 1. The van der Waals surface area contributed by atoms with Crippen LogP contribution in [-0.4, -0.2) is 43.7 Å². The lowest BCUT2D eigenvalue weighted by Crippen LogP contribution is -2.45. The van der Waals surface area contributed by atoms with E-state index in [1.54, 1.807) is 0 Å². The molecule has 1 amide bonds. The Hall–Kier alpha value is -2.66. The second-order valence-corrected chi connectivity index (χ2v) is 8.89. The number of carbonyl (C=O) groups excluding carboxylic acids is 1. The number of amides is 1. The van der Waals surface area contributed by atoms with Gasteiger partial charge in [-0.1, -0.05) is 36.4 Å². The van der Waals surface area contributed by atoms with Gasteiger partial charge in [-0.05, 0) is 56.8 Å². The average molecular weight is 403 g/mol. The number of hydrogen-bond donors (Lipinski definition) is 0. The summed E-state index contributed by atoms with van der Waals surface area (Å²) in [6.45, 7) is 5.88. The van der Waals surface area contributed by atoms with Crippen molar-refractivity contribution >= 4 is 11.6 Å². The maximum Gasteiger partial charge on any atom is 0.223 e. The van der Waals surface area contributed by atoms with Gasteiger partial charge in [0, 0.05) is 43.5 Å². The summed E-state index contributed by atoms with van der Waals surface area (Å²) in [7, 11) is 0. The van der Waals surface area contributed by atoms with Crippen molar-refractivity contribution in [1.29, 1.82) is 0 Å². The quantitative estimate of drug-likeness (QED) is 0.657. The third-order valence-electron chi connectivity index (χ3n) is 7.11. The van der Waals surface area contributed by atoms with Crippen LogP contribution in [0.3, 0.4) is 0 Å². The molecule has 2 saturated heterocycles. The molecule has 5 rings (SSSR count). The van der Waals surface area contributed by atoms with Crippen LogP contribution in [0.15, 0.2) is 54.7 Å². The zero-order valence-corrected chi connectivity index (χ0v) is 17.8. The summed E-state index contributed by atoms with van der Waals surface area (Å²) in [5.41, 5.74) is 4.67. The van der Waals surface area contributed by atoms with E-state index >= 15 is 0 Å². The SMILES string of the molecule is Cc1c(CN2CCC[C@@]3(CCC(=O)N3Cc3ccccc3)CC2)nc2ccccn12. The lowest BCUT2D eigenvalue weighted by molar-refractivity contribution is -0.132. The Morgan fingerprint density at radius 2 is 1.80 bits per heavy atom. The minimum atomic E-state index is 0.0234. The summed E-state index contributed by atoms with van der Waals surface area (Å²) in [6, 6.07) is 16.6. The summed E-state index contributed by atoms with van der Waals surface area (Å²) < 4.78 is 2.17. The number of pyridine rings is 1. The number of hydrogen-bond acceptors (Lipinski definition) is 3. The first-order chi connectivity index (χ1) is 14.6. The standard InChI is InChI=1S/C25H30N4O/c1-20-22(26-23-10-5-6-16-28(20)23)19-27-15-7-12-25(14-17-27)13-11-24(30)29(25)18-21-8-3-2-4-9-21/h2-6,8-10,16H,7,11-15,17-19H2,1H3/t25-/m1/s1. The minimum Gasteiger partial charge on any atom is -0.333 e. The molecule has 30 heavy (non-hydrogen) atoms. The van der Waals surface area contributed by atoms with E-state index < -0.39 is 0 Å². The molecule has 1 aromatic carbocycles. The molecular weight excluding hydrogens is 372 g/mol. The Labute approximate surface area is 178 Å². The lowest BCUT2D eigenvalue weighted by Gasteiger charge is -2.38. The van der Waals surface area contributed by atoms with Crippen LogP contribution < -0.4 is 0 Å². The van der Waals surface area contributed by atoms with Gasteiger partial charge in [0.2, 0.25) is 5.91 Å². The van der Waals surface area contributed by atoms with Gasteiger partial charge in [-0.2, -0.15) is 0 Å². The predicted molar refractivity (Wildman–Crippen MR) is 118 cm³/mol. The highest BCUT2D eigenvalue weighted by Crippen LogP contribution is 2.40. The zero-order chi connectivity index (χ0) is 20.6. The van der Waals surface area contributed by atoms with Gasteiger partial charge in [-0.25, -0.2) is 4.98 Å². The smallest absolute Gasteiger partial charge is 0.223 e. The second-order valence-electron chi connectivity index (χ2n) is 8.89. The first-order valence-electron chi connectivity index (χ1n) is 11.1. The summed E-state index contributed by atoms with van der Waals surface area (Å²) >= 11 is 0. The van der Waals surface area contributed by atoms with Crippen molar-refractivity contribution < 1.29 is 4.79 Å². The average Bonchev–Trinajstić information content (AvgIpc) is 3.15. The molecule has 4 heterocycles. The van der Waals surface area contributed by atoms with Crippen LogP contribution in [0.4, 0.5) is 0 Å². The molecule has 0 saturated carbocycles. The largest absolute Gasteiger partial charge is 0.333 e. The number of fused-ring (bicyclic) bond motifs is 1. The van der Waals surface area contributed by atoms with E-state index in [0.29, 0.717) is 12.3 Å². The van der Waals surface area contributed by atoms with E-state index in [2.05, 4.69) is 63.7 Å². The third kappa shape index (κ3) is 3.52. The molecule has 0 bridgehead atoms. The van der Waals surface area contributed by atoms with Crippen LogP contribution >= 0.6 is 0 Å². The number of aromatic nitrogens is 2. The van der Waals surface area contributed by atoms with Crippen LogP contribution in [0, 0.1) is 6.92 Å². The second kappa shape index (κ2) is 7.88. The maximum atomic E-state index is 12.8. The fourth-order valence-electron chi connectivity index (χ4n) is 5.34. The van der Waals surface area contributed by atoms with Gasteiger partial charge in [0.25, 0.3) is 0 Å². The highest BCUT2D eigenvalue weighted by Gasteiger charge is 2.45. The van der Waals surface area contributed by atoms with Crippen molar-refractivity contribution in [3.8, 4) is 0 Å². The molecule has 0 aliphatic carbocycles. The third-order valence-corrected chi connectivity index (χ3v) is 7.11. The number of nitrogens with zero attached hydrogens (tertiary/aromatic N) is 4. The monoisotopic (exact) mass is 402 g/mol. The Bertz CT molecular complexity index is 1040. The van der Waals surface area contributed by atoms with Gasteiger partial charge in [-0.3, -0.25) is 9.69 Å². The molecule has 2 aromatic heterocycles. The molecule has 1 atom stereocenters. The van der Waals surface area contributed by atoms with Crippen molar-refractivity contribution in [2.45, 2.75) is 57.7 Å². The summed E-state index contributed by atoms with van der Waals surface area (Å²) in [4.78, 5) is 22.4. The molecule has 2 aliphatic rings. The molecule has 2 fully saturated rings. The summed E-state index contributed by atoms with van der Waals surface area (Å²) in [5.74, 6) is 0.323. The van der Waals surface area contributed by atoms with Crippen molar-refractivity contribution in [1.82, 2.24) is 19.2 Å². The number of likely N-dealkylation sites (tertiary alicyclic amines) is 2. The van der Waals surface area contributed by atoms with Gasteiger partial charge in [0.1, 0.15) is 5.65 Å². The van der Waals surface area contributed by atoms with Crippen molar-refractivity contribution in [2.24, 2.45) is 0 Å². The maximum absolute atomic E-state index is 12.8. The topological polar surface area (TPSA) is 40.9 Å². The normalized spacial score (nSPS) is 22.8. The highest BCUT2D eigenvalue weighted by molar-refractivity contribution is 5.79. The number of imidazole rings is 1. The Morgan fingerprint density at radius 3 is 2.63 bits per heavy atom. The van der Waals surface area contributed by atoms with Crippen LogP contribution in [0.25, 0.3) is 5.65 Å². The fourth-order valence-corrected chi connectivity index (χ4v) is 5.34. The summed E-state index contributed by atoms with van der Waals surface area (Å²) in [6.07, 6.45) is 7.07. The van der Waals surface area contributed by atoms with Crippen LogP contribution in [0.5, 0.6) is 0 Å². The van der Waals surface area contributed by atoms with Crippen molar-refractivity contribution in [3.63, 3.8) is 0 Å². The summed E-state index contributed by atoms with van der Waals surface area (Å²) in [5, 5.41) is 0. The predicted octanol–water partition coefficient (Wildman–Crippen LogP) is 4.19. The van der Waals surface area contributed by atoms with Crippen molar-refractivity contribution in [2.75, 3.05) is 13.1 Å². The van der Waals surface area contributed by atoms with Gasteiger partial charge in [-0.15, -0.1) is 0 Å². The van der Waals surface area contributed by atoms with Crippen LogP contribution in [0.1, 0.15) is 49.1 Å². The first kappa shape index (κ1) is 19.3. The first-order valence-corrected chi connectivity index (χ1v) is 11.1. The zero-order valence-electron chi connectivity index (χ0n) is 17.8. The fraction of sp³-hybridized carbons (Fsp3) is 0.440. The van der Waals surface area contributed by atoms with Gasteiger partial charge >= 0.3 is 0 Å². The van der Waals surface area contributed by atoms with Gasteiger partial charge in [0.05, 0.1) is 5.69 Å². The van der Waals surface area contributed by atoms with E-state index in [9.17, 15) is 4.79 Å². The number of aryl methyl sites for hydroxylation is 1. The molecule has 0 radical (unpaired) electrons. The van der Waals surface area contributed by atoms with Gasteiger partial charge in [0.15, 0.2) is 0 Å². The van der Waals surface area contributed by atoms with E-state index in [1.807, 2.05) is 12.1 Å². The van der Waals surface area contributed by atoms with Crippen LogP contribution in [0.2, 0.25) is 0 Å². The molecule has 2 aliphatic heterocycles. The highest BCUT2D eigenvalue weighted by atomic mass is 16.2. The molecule has 3 aromatic rings. The molecule has 5 heteroatoms. The Morgan fingerprint density at radius 1 is 0.967 bits per heavy atom. The lowest BCUT2D eigenvalue weighted by atomic mass is 9.87. The molecule has 156 valence electrons. The minimum absolute atomic E-state index is 0.0234. The molecular formula is C25H30N4O. The van der Waals surface area contributed by atoms with E-state index in [1.165, 1.54) is 17.0 Å².